The van der Waals surface area contributed by atoms with Crippen LogP contribution in [0.2, 0.25) is 5.02 Å². The molecule has 0 saturated heterocycles. The molecule has 0 aliphatic carbocycles. The van der Waals surface area contributed by atoms with Gasteiger partial charge in [0.2, 0.25) is 0 Å². The molecule has 1 aliphatic rings. The number of rotatable bonds is 8. The summed E-state index contributed by atoms with van der Waals surface area (Å²) >= 11 is 6.05. The van der Waals surface area contributed by atoms with Gasteiger partial charge in [-0.2, -0.15) is 0 Å². The van der Waals surface area contributed by atoms with E-state index in [9.17, 15) is 4.79 Å². The summed E-state index contributed by atoms with van der Waals surface area (Å²) in [7, 11) is 1.30. The van der Waals surface area contributed by atoms with Crippen molar-refractivity contribution < 1.29 is 14.3 Å². The highest BCUT2D eigenvalue weighted by atomic mass is 35.5. The predicted octanol–water partition coefficient (Wildman–Crippen LogP) is 5.38. The number of nitrogens with one attached hydrogen (secondary N) is 3. The van der Waals surface area contributed by atoms with Crippen molar-refractivity contribution in [2.75, 3.05) is 37.5 Å². The van der Waals surface area contributed by atoms with Crippen LogP contribution in [0.3, 0.4) is 0 Å². The van der Waals surface area contributed by atoms with Crippen molar-refractivity contribution in [2.45, 2.75) is 12.3 Å². The van der Waals surface area contributed by atoms with E-state index in [4.69, 9.17) is 26.5 Å². The molecule has 1 atom stereocenters. The number of amides is 1. The van der Waals surface area contributed by atoms with Crippen LogP contribution < -0.4 is 10.6 Å². The van der Waals surface area contributed by atoms with Crippen LogP contribution in [0.5, 0.6) is 0 Å². The van der Waals surface area contributed by atoms with Gasteiger partial charge in [-0.15, -0.1) is 0 Å². The molecule has 0 fully saturated rings. The fourth-order valence-corrected chi connectivity index (χ4v) is 3.88. The molecule has 3 N–H and O–H groups in total. The Bertz CT molecular complexity index is 1220. The van der Waals surface area contributed by atoms with E-state index in [-0.39, 0.29) is 5.92 Å². The van der Waals surface area contributed by atoms with Crippen molar-refractivity contribution in [3.8, 4) is 0 Å². The molecule has 0 saturated carbocycles. The summed E-state index contributed by atoms with van der Waals surface area (Å²) in [6.07, 6.45) is 3.60. The number of hydrogen-bond donors (Lipinski definition) is 3. The van der Waals surface area contributed by atoms with Gasteiger partial charge in [-0.25, -0.2) is 14.8 Å². The molecule has 9 heteroatoms. The monoisotopic (exact) mass is 491 g/mol. The fourth-order valence-electron chi connectivity index (χ4n) is 3.76. The van der Waals surface area contributed by atoms with Gasteiger partial charge in [0.25, 0.3) is 0 Å². The van der Waals surface area contributed by atoms with Gasteiger partial charge in [0.05, 0.1) is 26.5 Å². The summed E-state index contributed by atoms with van der Waals surface area (Å²) in [5.41, 5.74) is 3.55. The van der Waals surface area contributed by atoms with E-state index in [2.05, 4.69) is 20.6 Å². The highest BCUT2D eigenvalue weighted by molar-refractivity contribution is 6.30. The van der Waals surface area contributed by atoms with E-state index in [1.807, 2.05) is 48.5 Å². The Labute approximate surface area is 208 Å². The van der Waals surface area contributed by atoms with Crippen molar-refractivity contribution in [3.63, 3.8) is 0 Å². The molecular formula is C26H26ClN5O3. The van der Waals surface area contributed by atoms with Gasteiger partial charge in [-0.1, -0.05) is 60.1 Å². The Morgan fingerprint density at radius 3 is 2.66 bits per heavy atom. The van der Waals surface area contributed by atoms with Crippen LogP contribution in [0.4, 0.5) is 16.3 Å². The van der Waals surface area contributed by atoms with Crippen molar-refractivity contribution in [1.29, 1.82) is 5.41 Å². The second-order valence-electron chi connectivity index (χ2n) is 7.89. The lowest BCUT2D eigenvalue weighted by molar-refractivity contribution is 0.161. The highest BCUT2D eigenvalue weighted by Crippen LogP contribution is 2.27. The second kappa shape index (κ2) is 11.6. The Kier molecular flexibility index (Phi) is 8.07. The topological polar surface area (TPSA) is 109 Å². The van der Waals surface area contributed by atoms with E-state index in [1.165, 1.54) is 7.11 Å². The van der Waals surface area contributed by atoms with E-state index in [0.29, 0.717) is 54.2 Å². The number of hydrogen-bond acceptors (Lipinski definition) is 7. The maximum atomic E-state index is 11.9. The SMILES string of the molecule is COC(=O)Nc1cnc(C2=CCOCC2)nc1NCC(C(=N)c1ccc(Cl)cc1)c1ccccc1. The van der Waals surface area contributed by atoms with Crippen LogP contribution in [0.25, 0.3) is 5.57 Å². The first kappa shape index (κ1) is 24.4. The summed E-state index contributed by atoms with van der Waals surface area (Å²) in [4.78, 5) is 21.0. The quantitative estimate of drug-likeness (QED) is 0.365. The van der Waals surface area contributed by atoms with Crippen LogP contribution in [0.1, 0.15) is 29.3 Å². The van der Waals surface area contributed by atoms with Gasteiger partial charge in [0.15, 0.2) is 11.6 Å². The number of carbonyl (C=O) groups is 1. The van der Waals surface area contributed by atoms with Crippen LogP contribution >= 0.6 is 11.6 Å². The Morgan fingerprint density at radius 1 is 1.20 bits per heavy atom. The molecule has 8 nitrogen and oxygen atoms in total. The van der Waals surface area contributed by atoms with E-state index in [0.717, 1.165) is 16.7 Å². The number of benzene rings is 2. The van der Waals surface area contributed by atoms with Crippen LogP contribution in [0.15, 0.2) is 66.9 Å². The summed E-state index contributed by atoms with van der Waals surface area (Å²) in [5.74, 6) is 0.719. The number of anilines is 2. The maximum absolute atomic E-state index is 11.9. The summed E-state index contributed by atoms with van der Waals surface area (Å²) in [6, 6.07) is 17.0. The first-order valence-electron chi connectivity index (χ1n) is 11.2. The molecule has 180 valence electrons. The molecule has 0 spiro atoms. The lowest BCUT2D eigenvalue weighted by Gasteiger charge is -2.21. The first-order chi connectivity index (χ1) is 17.0. The molecule has 35 heavy (non-hydrogen) atoms. The average molecular weight is 492 g/mol. The molecule has 0 radical (unpaired) electrons. The Balaban J connectivity index is 1.64. The zero-order valence-corrected chi connectivity index (χ0v) is 20.0. The zero-order valence-electron chi connectivity index (χ0n) is 19.3. The molecule has 1 amide bonds. The molecule has 1 unspecified atom stereocenters. The molecule has 3 aromatic rings. The molecule has 2 heterocycles. The Morgan fingerprint density at radius 2 is 1.97 bits per heavy atom. The zero-order chi connectivity index (χ0) is 24.6. The van der Waals surface area contributed by atoms with Gasteiger partial charge in [-0.05, 0) is 35.3 Å². The lowest BCUT2D eigenvalue weighted by atomic mass is 9.90. The van der Waals surface area contributed by atoms with Gasteiger partial charge in [-0.3, -0.25) is 5.32 Å². The molecule has 0 bridgehead atoms. The molecule has 4 rings (SSSR count). The fraction of sp³-hybridized carbons (Fsp3) is 0.231. The third-order valence-corrected chi connectivity index (χ3v) is 5.89. The number of aromatic nitrogens is 2. The van der Waals surface area contributed by atoms with E-state index in [1.54, 1.807) is 18.3 Å². The maximum Gasteiger partial charge on any atom is 0.411 e. The summed E-state index contributed by atoms with van der Waals surface area (Å²) in [5, 5.41) is 15.5. The summed E-state index contributed by atoms with van der Waals surface area (Å²) < 4.78 is 10.1. The normalized spacial score (nSPS) is 13.9. The minimum Gasteiger partial charge on any atom is -0.453 e. The van der Waals surface area contributed by atoms with Gasteiger partial charge in [0, 0.05) is 23.2 Å². The van der Waals surface area contributed by atoms with Crippen LogP contribution in [0, 0.1) is 5.41 Å². The summed E-state index contributed by atoms with van der Waals surface area (Å²) in [6.45, 7) is 1.48. The van der Waals surface area contributed by atoms with Gasteiger partial charge < -0.3 is 20.2 Å². The van der Waals surface area contributed by atoms with Crippen LogP contribution in [-0.4, -0.2) is 48.6 Å². The molecule has 1 aromatic heterocycles. The second-order valence-corrected chi connectivity index (χ2v) is 8.33. The number of halogens is 1. The van der Waals surface area contributed by atoms with E-state index < -0.39 is 6.09 Å². The van der Waals surface area contributed by atoms with Crippen LogP contribution in [-0.2, 0) is 9.47 Å². The number of carbonyl (C=O) groups excluding carboxylic acids is 1. The van der Waals surface area contributed by atoms with Crippen molar-refractivity contribution >= 4 is 40.5 Å². The third kappa shape index (κ3) is 6.23. The number of ether oxygens (including phenoxy) is 2. The van der Waals surface area contributed by atoms with Crippen molar-refractivity contribution in [3.05, 3.63) is 88.8 Å². The van der Waals surface area contributed by atoms with E-state index >= 15 is 0 Å². The Hall–Kier alpha value is -3.75. The van der Waals surface area contributed by atoms with Crippen molar-refractivity contribution in [2.24, 2.45) is 0 Å². The molecular weight excluding hydrogens is 466 g/mol. The average Bonchev–Trinajstić information content (AvgIpc) is 2.91. The molecule has 1 aliphatic heterocycles. The van der Waals surface area contributed by atoms with Gasteiger partial charge >= 0.3 is 6.09 Å². The number of nitrogens with zero attached hydrogens (tertiary/aromatic N) is 2. The first-order valence-corrected chi connectivity index (χ1v) is 11.6. The predicted molar refractivity (Wildman–Crippen MR) is 137 cm³/mol. The van der Waals surface area contributed by atoms with Crippen molar-refractivity contribution in [1.82, 2.24) is 9.97 Å². The minimum absolute atomic E-state index is 0.288. The smallest absolute Gasteiger partial charge is 0.411 e. The third-order valence-electron chi connectivity index (χ3n) is 5.64. The minimum atomic E-state index is -0.622. The lowest BCUT2D eigenvalue weighted by Crippen LogP contribution is -2.23. The largest absolute Gasteiger partial charge is 0.453 e. The highest BCUT2D eigenvalue weighted by Gasteiger charge is 2.21. The molecule has 2 aromatic carbocycles. The van der Waals surface area contributed by atoms with Gasteiger partial charge in [0.1, 0.15) is 5.69 Å². The standard InChI is InChI=1S/C26H26ClN5O3/c1-34-26(33)31-22-16-30-24(19-11-13-35-14-12-19)32-25(22)29-15-21(17-5-3-2-4-6-17)23(28)18-7-9-20(27)10-8-18/h2-11,16,21,28H,12-15H2,1H3,(H,31,33)(H,29,30,32). The number of methoxy groups -OCH3 is 1.